The lowest BCUT2D eigenvalue weighted by atomic mass is 10.2. The van der Waals surface area contributed by atoms with Crippen molar-refractivity contribution in [3.8, 4) is 11.4 Å². The Morgan fingerprint density at radius 1 is 1.26 bits per heavy atom. The summed E-state index contributed by atoms with van der Waals surface area (Å²) in [6.45, 7) is 3.72. The van der Waals surface area contributed by atoms with Crippen LogP contribution in [-0.2, 0) is 4.74 Å². The summed E-state index contributed by atoms with van der Waals surface area (Å²) in [7, 11) is 1.21. The number of hydrogen-bond acceptors (Lipinski definition) is 5. The van der Waals surface area contributed by atoms with Crippen molar-refractivity contribution in [3.05, 3.63) is 45.6 Å². The molecule has 0 atom stereocenters. The molecule has 1 N–H and O–H groups in total. The molecule has 0 aliphatic carbocycles. The van der Waals surface area contributed by atoms with Gasteiger partial charge in [-0.15, -0.1) is 0 Å². The van der Waals surface area contributed by atoms with Gasteiger partial charge in [-0.1, -0.05) is 0 Å². The molecule has 0 saturated carbocycles. The fourth-order valence-electron chi connectivity index (χ4n) is 1.77. The zero-order chi connectivity index (χ0) is 14.0. The Labute approximate surface area is 109 Å². The van der Waals surface area contributed by atoms with Crippen molar-refractivity contribution in [3.63, 3.8) is 0 Å². The molecule has 0 spiro atoms. The van der Waals surface area contributed by atoms with Gasteiger partial charge < -0.3 is 9.72 Å². The van der Waals surface area contributed by atoms with E-state index in [2.05, 4.69) is 19.7 Å². The van der Waals surface area contributed by atoms with Crippen LogP contribution in [0.3, 0.4) is 0 Å². The Kier molecular flexibility index (Phi) is 3.41. The van der Waals surface area contributed by atoms with E-state index >= 15 is 0 Å². The average molecular weight is 259 g/mol. The van der Waals surface area contributed by atoms with Crippen LogP contribution in [0, 0.1) is 13.8 Å². The third-order valence-corrected chi connectivity index (χ3v) is 2.56. The van der Waals surface area contributed by atoms with Gasteiger partial charge in [-0.2, -0.15) is 0 Å². The minimum atomic E-state index is -0.706. The molecule has 0 aliphatic heterocycles. The Morgan fingerprint density at radius 3 is 2.42 bits per heavy atom. The van der Waals surface area contributed by atoms with E-state index in [9.17, 15) is 9.59 Å². The fraction of sp³-hybridized carbons (Fsp3) is 0.231. The molecule has 2 aromatic rings. The molecule has 2 rings (SSSR count). The summed E-state index contributed by atoms with van der Waals surface area (Å²) in [5.74, 6) is -0.311. The van der Waals surface area contributed by atoms with E-state index in [1.54, 1.807) is 0 Å². The normalized spacial score (nSPS) is 10.3. The largest absolute Gasteiger partial charge is 0.465 e. The monoisotopic (exact) mass is 259 g/mol. The van der Waals surface area contributed by atoms with Gasteiger partial charge in [0.15, 0.2) is 0 Å². The highest BCUT2D eigenvalue weighted by atomic mass is 16.5. The highest BCUT2D eigenvalue weighted by molar-refractivity contribution is 5.88. The van der Waals surface area contributed by atoms with E-state index in [1.807, 2.05) is 26.0 Å². The topological polar surface area (TPSA) is 84.9 Å². The molecule has 0 aliphatic rings. The molecular formula is C13H13N3O3. The number of nitrogens with zero attached hydrogens (tertiary/aromatic N) is 2. The summed E-state index contributed by atoms with van der Waals surface area (Å²) < 4.78 is 4.49. The predicted octanol–water partition coefficient (Wildman–Crippen LogP) is 1.24. The van der Waals surface area contributed by atoms with Gasteiger partial charge in [-0.25, -0.2) is 9.78 Å². The standard InChI is InChI=1S/C13H13N3O3/c1-7-4-9(5-8(2)15-7)11-14-6-10(12(17)16-11)13(18)19-3/h4-6H,1-3H3,(H,14,16,17). The molecule has 0 amide bonds. The van der Waals surface area contributed by atoms with Gasteiger partial charge in [0.1, 0.15) is 11.4 Å². The van der Waals surface area contributed by atoms with Crippen molar-refractivity contribution < 1.29 is 9.53 Å². The summed E-state index contributed by atoms with van der Waals surface area (Å²) in [4.78, 5) is 34.0. The SMILES string of the molecule is COC(=O)c1cnc(-c2cc(C)nc(C)c2)[nH]c1=O. The number of aromatic amines is 1. The second-order valence-corrected chi connectivity index (χ2v) is 4.10. The van der Waals surface area contributed by atoms with E-state index in [4.69, 9.17) is 0 Å². The molecule has 0 fully saturated rings. The summed E-state index contributed by atoms with van der Waals surface area (Å²) >= 11 is 0. The first-order valence-electron chi connectivity index (χ1n) is 5.64. The van der Waals surface area contributed by atoms with E-state index in [0.717, 1.165) is 17.0 Å². The molecule has 2 heterocycles. The molecule has 19 heavy (non-hydrogen) atoms. The average Bonchev–Trinajstić information content (AvgIpc) is 2.36. The fourth-order valence-corrected chi connectivity index (χ4v) is 1.77. The van der Waals surface area contributed by atoms with Gasteiger partial charge in [-0.05, 0) is 26.0 Å². The van der Waals surface area contributed by atoms with Crippen LogP contribution in [-0.4, -0.2) is 28.0 Å². The van der Waals surface area contributed by atoms with Crippen LogP contribution < -0.4 is 5.56 Å². The Bertz CT molecular complexity index is 672. The molecule has 0 aromatic carbocycles. The second-order valence-electron chi connectivity index (χ2n) is 4.10. The number of ether oxygens (including phenoxy) is 1. The van der Waals surface area contributed by atoms with Crippen LogP contribution in [0.1, 0.15) is 21.7 Å². The Morgan fingerprint density at radius 2 is 1.89 bits per heavy atom. The third-order valence-electron chi connectivity index (χ3n) is 2.56. The number of methoxy groups -OCH3 is 1. The maximum Gasteiger partial charge on any atom is 0.345 e. The number of carbonyl (C=O) groups is 1. The van der Waals surface area contributed by atoms with Crippen LogP contribution >= 0.6 is 0 Å². The van der Waals surface area contributed by atoms with Crippen molar-refractivity contribution in [2.24, 2.45) is 0 Å². The molecule has 6 heteroatoms. The number of pyridine rings is 1. The molecule has 0 bridgehead atoms. The zero-order valence-electron chi connectivity index (χ0n) is 10.9. The maximum absolute atomic E-state index is 11.8. The van der Waals surface area contributed by atoms with Crippen molar-refractivity contribution in [2.75, 3.05) is 7.11 Å². The van der Waals surface area contributed by atoms with E-state index < -0.39 is 11.5 Å². The van der Waals surface area contributed by atoms with Gasteiger partial charge in [0.05, 0.1) is 7.11 Å². The minimum Gasteiger partial charge on any atom is -0.465 e. The van der Waals surface area contributed by atoms with Gasteiger partial charge in [0.25, 0.3) is 5.56 Å². The van der Waals surface area contributed by atoms with Crippen molar-refractivity contribution in [1.82, 2.24) is 15.0 Å². The first-order chi connectivity index (χ1) is 9.01. The lowest BCUT2D eigenvalue weighted by molar-refractivity contribution is 0.0598. The number of carbonyl (C=O) groups excluding carboxylic acids is 1. The number of H-pyrrole nitrogens is 1. The molecule has 0 radical (unpaired) electrons. The number of aromatic nitrogens is 3. The highest BCUT2D eigenvalue weighted by Crippen LogP contribution is 2.15. The van der Waals surface area contributed by atoms with Crippen LogP contribution in [0.4, 0.5) is 0 Å². The van der Waals surface area contributed by atoms with E-state index in [0.29, 0.717) is 5.82 Å². The Balaban J connectivity index is 2.50. The predicted molar refractivity (Wildman–Crippen MR) is 68.9 cm³/mol. The van der Waals surface area contributed by atoms with Gasteiger partial charge in [0.2, 0.25) is 0 Å². The number of esters is 1. The Hall–Kier alpha value is -2.50. The molecular weight excluding hydrogens is 246 g/mol. The first kappa shape index (κ1) is 12.9. The van der Waals surface area contributed by atoms with Gasteiger partial charge in [0, 0.05) is 23.1 Å². The zero-order valence-corrected chi connectivity index (χ0v) is 10.9. The quantitative estimate of drug-likeness (QED) is 0.820. The van der Waals surface area contributed by atoms with Crippen molar-refractivity contribution in [1.29, 1.82) is 0 Å². The van der Waals surface area contributed by atoms with Crippen LogP contribution in [0.25, 0.3) is 11.4 Å². The first-order valence-corrected chi connectivity index (χ1v) is 5.64. The summed E-state index contributed by atoms with van der Waals surface area (Å²) in [5.41, 5.74) is 1.76. The minimum absolute atomic E-state index is 0.117. The summed E-state index contributed by atoms with van der Waals surface area (Å²) in [6.07, 6.45) is 1.21. The lowest BCUT2D eigenvalue weighted by Gasteiger charge is -2.04. The number of aryl methyl sites for hydroxylation is 2. The number of hydrogen-bond donors (Lipinski definition) is 1. The second kappa shape index (κ2) is 5.01. The van der Waals surface area contributed by atoms with Crippen molar-refractivity contribution >= 4 is 5.97 Å². The molecule has 0 unspecified atom stereocenters. The summed E-state index contributed by atoms with van der Waals surface area (Å²) in [6, 6.07) is 3.62. The lowest BCUT2D eigenvalue weighted by Crippen LogP contribution is -2.20. The molecule has 0 saturated heterocycles. The smallest absolute Gasteiger partial charge is 0.345 e. The van der Waals surface area contributed by atoms with Gasteiger partial charge in [-0.3, -0.25) is 9.78 Å². The van der Waals surface area contributed by atoms with E-state index in [-0.39, 0.29) is 5.56 Å². The van der Waals surface area contributed by atoms with Crippen LogP contribution in [0.2, 0.25) is 0 Å². The maximum atomic E-state index is 11.8. The third kappa shape index (κ3) is 2.67. The number of rotatable bonds is 2. The number of nitrogens with one attached hydrogen (secondary N) is 1. The van der Waals surface area contributed by atoms with Crippen LogP contribution in [0.15, 0.2) is 23.1 Å². The summed E-state index contributed by atoms with van der Waals surface area (Å²) in [5, 5.41) is 0. The molecule has 2 aromatic heterocycles. The molecule has 98 valence electrons. The van der Waals surface area contributed by atoms with Crippen LogP contribution in [0.5, 0.6) is 0 Å². The van der Waals surface area contributed by atoms with Gasteiger partial charge >= 0.3 is 5.97 Å². The molecule has 6 nitrogen and oxygen atoms in total. The van der Waals surface area contributed by atoms with E-state index in [1.165, 1.54) is 13.3 Å². The highest BCUT2D eigenvalue weighted by Gasteiger charge is 2.12. The van der Waals surface area contributed by atoms with Crippen molar-refractivity contribution in [2.45, 2.75) is 13.8 Å².